The molecular weight excluding hydrogens is 209 g/mol. The summed E-state index contributed by atoms with van der Waals surface area (Å²) in [6, 6.07) is 1.33. The summed E-state index contributed by atoms with van der Waals surface area (Å²) in [6.45, 7) is 2.96. The maximum atomic E-state index is 13.1. The van der Waals surface area contributed by atoms with Gasteiger partial charge in [0.25, 0.3) is 0 Å². The molecule has 1 aliphatic heterocycles. The van der Waals surface area contributed by atoms with E-state index in [1.165, 1.54) is 12.3 Å². The van der Waals surface area contributed by atoms with Gasteiger partial charge in [-0.05, 0) is 25.8 Å². The molecule has 1 aliphatic rings. The lowest BCUT2D eigenvalue weighted by molar-refractivity contribution is -0.0726. The molecule has 0 aliphatic carbocycles. The van der Waals surface area contributed by atoms with Crippen LogP contribution in [0.25, 0.3) is 0 Å². The summed E-state index contributed by atoms with van der Waals surface area (Å²) in [6.07, 6.45) is 4.47. The average Bonchev–Trinajstić information content (AvgIpc) is 2.30. The Hall–Kier alpha value is -1.00. The van der Waals surface area contributed by atoms with Crippen LogP contribution < -0.4 is 0 Å². The van der Waals surface area contributed by atoms with Crippen LogP contribution in [0.4, 0.5) is 4.39 Å². The summed E-state index contributed by atoms with van der Waals surface area (Å²) in [5, 5.41) is 10.4. The first-order valence-electron chi connectivity index (χ1n) is 5.52. The van der Waals surface area contributed by atoms with Crippen molar-refractivity contribution in [2.75, 3.05) is 13.2 Å². The molecule has 1 fully saturated rings. The van der Waals surface area contributed by atoms with Crippen LogP contribution in [-0.4, -0.2) is 23.3 Å². The van der Waals surface area contributed by atoms with Crippen molar-refractivity contribution in [1.82, 2.24) is 4.98 Å². The van der Waals surface area contributed by atoms with Gasteiger partial charge in [-0.25, -0.2) is 4.39 Å². The lowest BCUT2D eigenvalue weighted by Gasteiger charge is -2.35. The van der Waals surface area contributed by atoms with Crippen molar-refractivity contribution < 1.29 is 14.2 Å². The zero-order chi connectivity index (χ0) is 11.6. The van der Waals surface area contributed by atoms with E-state index in [1.807, 2.05) is 0 Å². The Bertz CT molecular complexity index is 362. The van der Waals surface area contributed by atoms with E-state index in [0.717, 1.165) is 25.6 Å². The second kappa shape index (κ2) is 4.47. The third-order valence-corrected chi connectivity index (χ3v) is 3.24. The number of aliphatic hydroxyl groups is 1. The number of halogens is 1. The third kappa shape index (κ3) is 2.23. The number of aromatic nitrogens is 1. The number of pyridine rings is 1. The standard InChI is InChI=1S/C12H16FNO2/c1-12(15,9-3-2-4-16-8-9)10-5-11(13)7-14-6-10/h5-7,9,15H,2-4,8H2,1H3. The molecule has 1 aromatic rings. The smallest absolute Gasteiger partial charge is 0.141 e. The molecule has 2 atom stereocenters. The molecule has 16 heavy (non-hydrogen) atoms. The summed E-state index contributed by atoms with van der Waals surface area (Å²) in [5.74, 6) is -0.417. The molecule has 0 aromatic carbocycles. The highest BCUT2D eigenvalue weighted by atomic mass is 19.1. The maximum Gasteiger partial charge on any atom is 0.141 e. The van der Waals surface area contributed by atoms with Crippen molar-refractivity contribution in [3.8, 4) is 0 Å². The van der Waals surface area contributed by atoms with E-state index in [9.17, 15) is 9.50 Å². The molecule has 2 heterocycles. The van der Waals surface area contributed by atoms with Gasteiger partial charge < -0.3 is 9.84 Å². The lowest BCUT2D eigenvalue weighted by Crippen LogP contribution is -2.37. The van der Waals surface area contributed by atoms with Crippen molar-refractivity contribution in [2.45, 2.75) is 25.4 Å². The Morgan fingerprint density at radius 2 is 2.38 bits per heavy atom. The number of rotatable bonds is 2. The van der Waals surface area contributed by atoms with Gasteiger partial charge in [-0.2, -0.15) is 0 Å². The molecule has 4 heteroatoms. The highest BCUT2D eigenvalue weighted by Crippen LogP contribution is 2.34. The van der Waals surface area contributed by atoms with Crippen molar-refractivity contribution in [2.24, 2.45) is 5.92 Å². The Kier molecular flexibility index (Phi) is 3.21. The molecule has 2 unspecified atom stereocenters. The number of hydrogen-bond acceptors (Lipinski definition) is 3. The quantitative estimate of drug-likeness (QED) is 0.835. The largest absolute Gasteiger partial charge is 0.385 e. The fourth-order valence-electron chi connectivity index (χ4n) is 2.11. The van der Waals surface area contributed by atoms with E-state index < -0.39 is 11.4 Å². The predicted molar refractivity (Wildman–Crippen MR) is 57.3 cm³/mol. The summed E-state index contributed by atoms with van der Waals surface area (Å²) >= 11 is 0. The van der Waals surface area contributed by atoms with E-state index in [2.05, 4.69) is 4.98 Å². The maximum absolute atomic E-state index is 13.1. The van der Waals surface area contributed by atoms with Gasteiger partial charge >= 0.3 is 0 Å². The Morgan fingerprint density at radius 3 is 3.00 bits per heavy atom. The second-order valence-corrected chi connectivity index (χ2v) is 4.45. The van der Waals surface area contributed by atoms with E-state index in [1.54, 1.807) is 6.92 Å². The van der Waals surface area contributed by atoms with Gasteiger partial charge in [-0.3, -0.25) is 4.98 Å². The fourth-order valence-corrected chi connectivity index (χ4v) is 2.11. The van der Waals surface area contributed by atoms with E-state index in [0.29, 0.717) is 12.2 Å². The lowest BCUT2D eigenvalue weighted by atomic mass is 9.80. The molecule has 88 valence electrons. The van der Waals surface area contributed by atoms with Crippen LogP contribution in [0.1, 0.15) is 25.3 Å². The zero-order valence-corrected chi connectivity index (χ0v) is 9.32. The van der Waals surface area contributed by atoms with Gasteiger partial charge in [0.15, 0.2) is 0 Å². The van der Waals surface area contributed by atoms with Crippen molar-refractivity contribution in [1.29, 1.82) is 0 Å². The summed E-state index contributed by atoms with van der Waals surface area (Å²) in [4.78, 5) is 3.77. The highest BCUT2D eigenvalue weighted by Gasteiger charge is 2.35. The van der Waals surface area contributed by atoms with E-state index in [4.69, 9.17) is 4.74 Å². The van der Waals surface area contributed by atoms with Gasteiger partial charge in [-0.15, -0.1) is 0 Å². The van der Waals surface area contributed by atoms with E-state index in [-0.39, 0.29) is 5.92 Å². The Morgan fingerprint density at radius 1 is 1.56 bits per heavy atom. The minimum Gasteiger partial charge on any atom is -0.385 e. The molecule has 1 saturated heterocycles. The molecule has 1 N–H and O–H groups in total. The van der Waals surface area contributed by atoms with Crippen LogP contribution in [0, 0.1) is 11.7 Å². The van der Waals surface area contributed by atoms with Gasteiger partial charge in [0.1, 0.15) is 5.82 Å². The fraction of sp³-hybridized carbons (Fsp3) is 0.583. The van der Waals surface area contributed by atoms with Gasteiger partial charge in [-0.1, -0.05) is 0 Å². The first-order valence-corrected chi connectivity index (χ1v) is 5.52. The molecule has 0 bridgehead atoms. The SMILES string of the molecule is CC(O)(c1cncc(F)c1)C1CCCOC1. The van der Waals surface area contributed by atoms with Crippen molar-refractivity contribution >= 4 is 0 Å². The average molecular weight is 225 g/mol. The first kappa shape index (κ1) is 11.5. The molecule has 3 nitrogen and oxygen atoms in total. The highest BCUT2D eigenvalue weighted by molar-refractivity contribution is 5.19. The van der Waals surface area contributed by atoms with Crippen LogP contribution >= 0.6 is 0 Å². The van der Waals surface area contributed by atoms with Crippen molar-refractivity contribution in [3.05, 3.63) is 29.8 Å². The van der Waals surface area contributed by atoms with Crippen LogP contribution in [0.3, 0.4) is 0 Å². The zero-order valence-electron chi connectivity index (χ0n) is 9.32. The topological polar surface area (TPSA) is 42.4 Å². The molecule has 1 aromatic heterocycles. The normalized spacial score (nSPS) is 25.1. The second-order valence-electron chi connectivity index (χ2n) is 4.45. The molecule has 0 saturated carbocycles. The molecule has 0 amide bonds. The number of ether oxygens (including phenoxy) is 1. The minimum atomic E-state index is -1.07. The molecular formula is C12H16FNO2. The van der Waals surface area contributed by atoms with Gasteiger partial charge in [0.05, 0.1) is 18.4 Å². The van der Waals surface area contributed by atoms with Crippen LogP contribution in [0.15, 0.2) is 18.5 Å². The summed E-state index contributed by atoms with van der Waals surface area (Å²) in [5.41, 5.74) is -0.557. The molecule has 0 spiro atoms. The van der Waals surface area contributed by atoms with Crippen LogP contribution in [0.5, 0.6) is 0 Å². The first-order chi connectivity index (χ1) is 7.60. The molecule has 2 rings (SSSR count). The Balaban J connectivity index is 2.22. The van der Waals surface area contributed by atoms with Gasteiger partial charge in [0, 0.05) is 24.3 Å². The van der Waals surface area contributed by atoms with Crippen LogP contribution in [-0.2, 0) is 10.3 Å². The van der Waals surface area contributed by atoms with Gasteiger partial charge in [0.2, 0.25) is 0 Å². The monoisotopic (exact) mass is 225 g/mol. The van der Waals surface area contributed by atoms with Crippen molar-refractivity contribution in [3.63, 3.8) is 0 Å². The predicted octanol–water partition coefficient (Wildman–Crippen LogP) is 1.85. The van der Waals surface area contributed by atoms with Crippen LogP contribution in [0.2, 0.25) is 0 Å². The molecule has 0 radical (unpaired) electrons. The third-order valence-electron chi connectivity index (χ3n) is 3.24. The van der Waals surface area contributed by atoms with E-state index >= 15 is 0 Å². The Labute approximate surface area is 94.3 Å². The number of hydrogen-bond donors (Lipinski definition) is 1. The summed E-state index contributed by atoms with van der Waals surface area (Å²) < 4.78 is 18.4. The minimum absolute atomic E-state index is 0.00449. The summed E-state index contributed by atoms with van der Waals surface area (Å²) in [7, 11) is 0. The number of nitrogens with zero attached hydrogens (tertiary/aromatic N) is 1.